The number of hydrogen-bond acceptors (Lipinski definition) is 3. The Hall–Kier alpha value is -2.40. The number of rotatable bonds is 8. The van der Waals surface area contributed by atoms with Gasteiger partial charge in [0.1, 0.15) is 30.1 Å². The summed E-state index contributed by atoms with van der Waals surface area (Å²) >= 11 is 0. The molecule has 122 valence electrons. The van der Waals surface area contributed by atoms with Gasteiger partial charge in [-0.25, -0.2) is 8.78 Å². The molecule has 5 heteroatoms. The van der Waals surface area contributed by atoms with E-state index in [0.717, 1.165) is 17.7 Å². The highest BCUT2D eigenvalue weighted by Crippen LogP contribution is 2.19. The number of anilines is 1. The summed E-state index contributed by atoms with van der Waals surface area (Å²) in [6.45, 7) is 3.84. The van der Waals surface area contributed by atoms with Gasteiger partial charge < -0.3 is 15.2 Å². The molecule has 0 aliphatic carbocycles. The van der Waals surface area contributed by atoms with E-state index in [9.17, 15) is 13.9 Å². The fraction of sp³-hybridized carbons (Fsp3) is 0.222. The van der Waals surface area contributed by atoms with E-state index >= 15 is 0 Å². The first-order valence-corrected chi connectivity index (χ1v) is 7.28. The summed E-state index contributed by atoms with van der Waals surface area (Å²) in [5.74, 6) is -0.662. The van der Waals surface area contributed by atoms with Gasteiger partial charge in [-0.3, -0.25) is 0 Å². The lowest BCUT2D eigenvalue weighted by Gasteiger charge is -2.16. The molecule has 2 N–H and O–H groups in total. The van der Waals surface area contributed by atoms with Gasteiger partial charge in [0, 0.05) is 12.6 Å². The minimum atomic E-state index is -0.837. The van der Waals surface area contributed by atoms with Crippen molar-refractivity contribution in [2.24, 2.45) is 0 Å². The van der Waals surface area contributed by atoms with E-state index in [4.69, 9.17) is 4.74 Å². The summed E-state index contributed by atoms with van der Waals surface area (Å²) in [6.07, 6.45) is 1.61. The van der Waals surface area contributed by atoms with Crippen molar-refractivity contribution in [3.05, 3.63) is 72.3 Å². The zero-order valence-corrected chi connectivity index (χ0v) is 12.6. The van der Waals surface area contributed by atoms with Crippen molar-refractivity contribution in [2.45, 2.75) is 12.5 Å². The van der Waals surface area contributed by atoms with E-state index in [0.29, 0.717) is 12.2 Å². The number of ether oxygens (including phenoxy) is 1. The maximum atomic E-state index is 13.5. The van der Waals surface area contributed by atoms with Crippen LogP contribution in [0.15, 0.2) is 55.1 Å². The summed E-state index contributed by atoms with van der Waals surface area (Å²) in [5, 5.41) is 12.7. The zero-order chi connectivity index (χ0) is 16.7. The minimum absolute atomic E-state index is 0.0595. The van der Waals surface area contributed by atoms with Crippen LogP contribution < -0.4 is 10.1 Å². The Bertz CT molecular complexity index is 661. The molecule has 0 saturated carbocycles. The van der Waals surface area contributed by atoms with Crippen LogP contribution in [0.2, 0.25) is 0 Å². The lowest BCUT2D eigenvalue weighted by molar-refractivity contribution is 0.117. The fourth-order valence-electron chi connectivity index (χ4n) is 2.07. The summed E-state index contributed by atoms with van der Waals surface area (Å²) in [4.78, 5) is 0. The molecule has 1 unspecified atom stereocenters. The molecule has 0 radical (unpaired) electrons. The molecule has 0 amide bonds. The molecule has 2 aromatic rings. The molecule has 0 spiro atoms. The predicted octanol–water partition coefficient (Wildman–Crippen LogP) is 3.55. The minimum Gasteiger partial charge on any atom is -0.491 e. The second kappa shape index (κ2) is 8.29. The second-order valence-corrected chi connectivity index (χ2v) is 5.07. The molecule has 0 aliphatic heterocycles. The summed E-state index contributed by atoms with van der Waals surface area (Å²) in [7, 11) is 0. The van der Waals surface area contributed by atoms with Crippen LogP contribution in [0.3, 0.4) is 0 Å². The smallest absolute Gasteiger partial charge is 0.149 e. The number of hydrogen-bond donors (Lipinski definition) is 2. The van der Waals surface area contributed by atoms with Gasteiger partial charge >= 0.3 is 0 Å². The third-order valence-electron chi connectivity index (χ3n) is 3.23. The first-order valence-electron chi connectivity index (χ1n) is 7.28. The Kier molecular flexibility index (Phi) is 6.11. The number of aliphatic hydroxyl groups excluding tert-OH is 1. The van der Waals surface area contributed by atoms with Crippen LogP contribution in [0, 0.1) is 11.6 Å². The number of aliphatic hydroxyl groups is 1. The number of nitrogens with one attached hydrogen (secondary N) is 1. The number of para-hydroxylation sites is 1. The Labute approximate surface area is 134 Å². The lowest BCUT2D eigenvalue weighted by Crippen LogP contribution is -2.26. The topological polar surface area (TPSA) is 41.5 Å². The Morgan fingerprint density at radius 1 is 1.22 bits per heavy atom. The Balaban J connectivity index is 1.85. The highest BCUT2D eigenvalue weighted by Gasteiger charge is 2.09. The van der Waals surface area contributed by atoms with Crippen LogP contribution in [0.4, 0.5) is 14.5 Å². The van der Waals surface area contributed by atoms with E-state index in [-0.39, 0.29) is 18.8 Å². The van der Waals surface area contributed by atoms with Crippen LogP contribution in [-0.4, -0.2) is 24.4 Å². The standard InChI is InChI=1S/C18H19F2NO2/c1-2-5-13-6-3-4-7-18(13)23-12-15(22)11-21-17-9-8-14(19)10-16(17)20/h2-4,6-10,15,21-22H,1,5,11-12H2. The third kappa shape index (κ3) is 5.07. The fourth-order valence-corrected chi connectivity index (χ4v) is 2.07. The quantitative estimate of drug-likeness (QED) is 0.731. The predicted molar refractivity (Wildman–Crippen MR) is 86.7 cm³/mol. The molecule has 0 saturated heterocycles. The molecule has 0 aromatic heterocycles. The van der Waals surface area contributed by atoms with Crippen LogP contribution in [-0.2, 0) is 6.42 Å². The number of benzene rings is 2. The van der Waals surface area contributed by atoms with Gasteiger partial charge in [-0.05, 0) is 30.2 Å². The number of halogens is 2. The first kappa shape index (κ1) is 17.0. The van der Waals surface area contributed by atoms with Gasteiger partial charge in [0.05, 0.1) is 5.69 Å². The van der Waals surface area contributed by atoms with E-state index in [1.54, 1.807) is 6.08 Å². The molecular formula is C18H19F2NO2. The molecule has 1 atom stereocenters. The largest absolute Gasteiger partial charge is 0.491 e. The summed E-state index contributed by atoms with van der Waals surface area (Å²) in [5.41, 5.74) is 1.12. The van der Waals surface area contributed by atoms with Crippen molar-refractivity contribution in [3.63, 3.8) is 0 Å². The molecule has 0 bridgehead atoms. The summed E-state index contributed by atoms with van der Waals surface area (Å²) in [6, 6.07) is 10.7. The van der Waals surface area contributed by atoms with Gasteiger partial charge in [0.15, 0.2) is 0 Å². The molecule has 0 aliphatic rings. The van der Waals surface area contributed by atoms with E-state index in [1.807, 2.05) is 24.3 Å². The van der Waals surface area contributed by atoms with Gasteiger partial charge in [-0.15, -0.1) is 6.58 Å². The second-order valence-electron chi connectivity index (χ2n) is 5.07. The molecule has 2 rings (SSSR count). The van der Waals surface area contributed by atoms with Crippen molar-refractivity contribution in [1.29, 1.82) is 0 Å². The van der Waals surface area contributed by atoms with Crippen LogP contribution in [0.25, 0.3) is 0 Å². The number of allylic oxidation sites excluding steroid dienone is 1. The monoisotopic (exact) mass is 319 g/mol. The van der Waals surface area contributed by atoms with Crippen molar-refractivity contribution in [2.75, 3.05) is 18.5 Å². The van der Waals surface area contributed by atoms with E-state index in [1.165, 1.54) is 6.07 Å². The maximum Gasteiger partial charge on any atom is 0.149 e. The molecule has 3 nitrogen and oxygen atoms in total. The van der Waals surface area contributed by atoms with Gasteiger partial charge in [-0.2, -0.15) is 0 Å². The zero-order valence-electron chi connectivity index (χ0n) is 12.6. The maximum absolute atomic E-state index is 13.5. The van der Waals surface area contributed by atoms with Gasteiger partial charge in [0.2, 0.25) is 0 Å². The van der Waals surface area contributed by atoms with Crippen molar-refractivity contribution >= 4 is 5.69 Å². The highest BCUT2D eigenvalue weighted by atomic mass is 19.1. The van der Waals surface area contributed by atoms with Crippen LogP contribution in [0.1, 0.15) is 5.56 Å². The Morgan fingerprint density at radius 2 is 2.00 bits per heavy atom. The van der Waals surface area contributed by atoms with E-state index < -0.39 is 17.7 Å². The molecular weight excluding hydrogens is 300 g/mol. The van der Waals surface area contributed by atoms with Gasteiger partial charge in [0.25, 0.3) is 0 Å². The van der Waals surface area contributed by atoms with Crippen LogP contribution >= 0.6 is 0 Å². The summed E-state index contributed by atoms with van der Waals surface area (Å²) < 4.78 is 31.9. The molecule has 23 heavy (non-hydrogen) atoms. The van der Waals surface area contributed by atoms with Crippen LogP contribution in [0.5, 0.6) is 5.75 Å². The van der Waals surface area contributed by atoms with Crippen molar-refractivity contribution < 1.29 is 18.6 Å². The van der Waals surface area contributed by atoms with Gasteiger partial charge in [-0.1, -0.05) is 24.3 Å². The molecule has 0 heterocycles. The molecule has 0 fully saturated rings. The van der Waals surface area contributed by atoms with Crippen molar-refractivity contribution in [1.82, 2.24) is 0 Å². The highest BCUT2D eigenvalue weighted by molar-refractivity contribution is 5.44. The van der Waals surface area contributed by atoms with Crippen molar-refractivity contribution in [3.8, 4) is 5.75 Å². The van der Waals surface area contributed by atoms with E-state index in [2.05, 4.69) is 11.9 Å². The SMILES string of the molecule is C=CCc1ccccc1OCC(O)CNc1ccc(F)cc1F. The average molecular weight is 319 g/mol. The average Bonchev–Trinajstić information content (AvgIpc) is 2.53. The Morgan fingerprint density at radius 3 is 2.74 bits per heavy atom. The first-order chi connectivity index (χ1) is 11.1. The molecule has 2 aromatic carbocycles. The normalized spacial score (nSPS) is 11.8. The lowest BCUT2D eigenvalue weighted by atomic mass is 10.1. The third-order valence-corrected chi connectivity index (χ3v) is 3.23.